The van der Waals surface area contributed by atoms with E-state index in [-0.39, 0.29) is 18.5 Å². The van der Waals surface area contributed by atoms with Gasteiger partial charge in [-0.1, -0.05) is 6.92 Å². The fourth-order valence-corrected chi connectivity index (χ4v) is 1.92. The minimum atomic E-state index is -1.01. The fourth-order valence-electron chi connectivity index (χ4n) is 1.92. The number of nitrogens with one attached hydrogen (secondary N) is 1. The van der Waals surface area contributed by atoms with Crippen molar-refractivity contribution in [3.05, 3.63) is 47.5 Å². The third kappa shape index (κ3) is 3.91. The van der Waals surface area contributed by atoms with Crippen LogP contribution in [0.4, 0.5) is 4.39 Å². The summed E-state index contributed by atoms with van der Waals surface area (Å²) >= 11 is 0. The highest BCUT2D eigenvalue weighted by molar-refractivity contribution is 5.94. The molecular formula is C15H16FN3O3. The van der Waals surface area contributed by atoms with E-state index in [0.717, 1.165) is 18.2 Å². The Bertz CT molecular complexity index is 697. The monoisotopic (exact) mass is 305 g/mol. The van der Waals surface area contributed by atoms with Gasteiger partial charge in [0, 0.05) is 18.3 Å². The number of benzene rings is 1. The van der Waals surface area contributed by atoms with Crippen molar-refractivity contribution in [1.82, 2.24) is 15.1 Å². The Morgan fingerprint density at radius 1 is 1.36 bits per heavy atom. The first-order chi connectivity index (χ1) is 10.5. The predicted molar refractivity (Wildman–Crippen MR) is 77.5 cm³/mol. The summed E-state index contributed by atoms with van der Waals surface area (Å²) in [5.41, 5.74) is 1.41. The smallest absolute Gasteiger partial charge is 0.305 e. The largest absolute Gasteiger partial charge is 0.481 e. The third-order valence-electron chi connectivity index (χ3n) is 3.04. The van der Waals surface area contributed by atoms with E-state index >= 15 is 0 Å². The van der Waals surface area contributed by atoms with Gasteiger partial charge in [-0.05, 0) is 30.7 Å². The topological polar surface area (TPSA) is 84.2 Å². The molecule has 116 valence electrons. The molecule has 0 radical (unpaired) electrons. The number of hydrogen-bond donors (Lipinski definition) is 2. The molecule has 0 unspecified atom stereocenters. The number of amides is 1. The molecule has 2 N–H and O–H groups in total. The SMILES string of the molecule is CCc1ccn(-c2cc(F)cc(C(=O)NCCC(=O)O)c2)n1. The van der Waals surface area contributed by atoms with E-state index in [0.29, 0.717) is 5.69 Å². The number of carboxylic acid groups (broad SMARTS) is 1. The van der Waals surface area contributed by atoms with E-state index in [2.05, 4.69) is 10.4 Å². The summed E-state index contributed by atoms with van der Waals surface area (Å²) in [7, 11) is 0. The Balaban J connectivity index is 2.19. The van der Waals surface area contributed by atoms with Crippen LogP contribution >= 0.6 is 0 Å². The second-order valence-electron chi connectivity index (χ2n) is 4.70. The fraction of sp³-hybridized carbons (Fsp3) is 0.267. The van der Waals surface area contributed by atoms with Gasteiger partial charge in [0.15, 0.2) is 0 Å². The van der Waals surface area contributed by atoms with E-state index in [1.807, 2.05) is 13.0 Å². The van der Waals surface area contributed by atoms with Gasteiger partial charge in [0.05, 0.1) is 17.8 Å². The predicted octanol–water partition coefficient (Wildman–Crippen LogP) is 1.78. The Hall–Kier alpha value is -2.70. The number of halogens is 1. The molecule has 0 aliphatic heterocycles. The molecule has 0 saturated heterocycles. The van der Waals surface area contributed by atoms with Crippen LogP contribution in [-0.4, -0.2) is 33.3 Å². The molecule has 22 heavy (non-hydrogen) atoms. The van der Waals surface area contributed by atoms with Gasteiger partial charge in [-0.2, -0.15) is 5.10 Å². The zero-order valence-corrected chi connectivity index (χ0v) is 12.0. The zero-order chi connectivity index (χ0) is 16.1. The second kappa shape index (κ2) is 6.84. The normalized spacial score (nSPS) is 10.5. The van der Waals surface area contributed by atoms with Crippen molar-refractivity contribution in [3.8, 4) is 5.69 Å². The minimum absolute atomic E-state index is 0.0121. The summed E-state index contributed by atoms with van der Waals surface area (Å²) in [5, 5.41) is 15.2. The van der Waals surface area contributed by atoms with Gasteiger partial charge < -0.3 is 10.4 Å². The molecule has 0 aliphatic rings. The molecule has 6 nitrogen and oxygen atoms in total. The number of carbonyl (C=O) groups is 2. The molecule has 1 amide bonds. The second-order valence-corrected chi connectivity index (χ2v) is 4.70. The van der Waals surface area contributed by atoms with Gasteiger partial charge in [-0.25, -0.2) is 9.07 Å². The maximum atomic E-state index is 13.7. The molecule has 0 saturated carbocycles. The maximum absolute atomic E-state index is 13.7. The number of aromatic nitrogens is 2. The van der Waals surface area contributed by atoms with Crippen LogP contribution < -0.4 is 5.32 Å². The average molecular weight is 305 g/mol. The van der Waals surface area contributed by atoms with E-state index in [1.54, 1.807) is 6.20 Å². The molecule has 0 spiro atoms. The summed E-state index contributed by atoms with van der Waals surface area (Å²) in [4.78, 5) is 22.3. The van der Waals surface area contributed by atoms with Gasteiger partial charge in [-0.3, -0.25) is 9.59 Å². The molecule has 2 aromatic rings. The Kier molecular flexibility index (Phi) is 4.88. The van der Waals surface area contributed by atoms with Crippen molar-refractivity contribution in [2.45, 2.75) is 19.8 Å². The average Bonchev–Trinajstić information content (AvgIpc) is 2.95. The van der Waals surface area contributed by atoms with Crippen LogP contribution in [0.2, 0.25) is 0 Å². The number of carboxylic acids is 1. The minimum Gasteiger partial charge on any atom is -0.481 e. The number of aryl methyl sites for hydroxylation is 1. The summed E-state index contributed by atoms with van der Waals surface area (Å²) in [6.07, 6.45) is 2.26. The van der Waals surface area contributed by atoms with Crippen molar-refractivity contribution in [2.24, 2.45) is 0 Å². The van der Waals surface area contributed by atoms with E-state index in [9.17, 15) is 14.0 Å². The van der Waals surface area contributed by atoms with E-state index < -0.39 is 17.7 Å². The number of hydrogen-bond acceptors (Lipinski definition) is 3. The highest BCUT2D eigenvalue weighted by Gasteiger charge is 2.11. The van der Waals surface area contributed by atoms with Crippen LogP contribution in [0.15, 0.2) is 30.5 Å². The zero-order valence-electron chi connectivity index (χ0n) is 12.0. The van der Waals surface area contributed by atoms with E-state index in [4.69, 9.17) is 5.11 Å². The molecule has 2 rings (SSSR count). The number of rotatable bonds is 6. The highest BCUT2D eigenvalue weighted by atomic mass is 19.1. The maximum Gasteiger partial charge on any atom is 0.305 e. The van der Waals surface area contributed by atoms with Crippen LogP contribution in [0.1, 0.15) is 29.4 Å². The molecular weight excluding hydrogens is 289 g/mol. The van der Waals surface area contributed by atoms with Crippen LogP contribution in [0.5, 0.6) is 0 Å². The molecule has 1 heterocycles. The van der Waals surface area contributed by atoms with Crippen molar-refractivity contribution in [1.29, 1.82) is 0 Å². The molecule has 0 fully saturated rings. The summed E-state index contributed by atoms with van der Waals surface area (Å²) in [6, 6.07) is 5.70. The van der Waals surface area contributed by atoms with Crippen LogP contribution in [-0.2, 0) is 11.2 Å². The van der Waals surface area contributed by atoms with Gasteiger partial charge >= 0.3 is 5.97 Å². The summed E-state index contributed by atoms with van der Waals surface area (Å²) < 4.78 is 15.2. The quantitative estimate of drug-likeness (QED) is 0.852. The first-order valence-corrected chi connectivity index (χ1v) is 6.85. The van der Waals surface area contributed by atoms with Crippen molar-refractivity contribution in [2.75, 3.05) is 6.54 Å². The van der Waals surface area contributed by atoms with Gasteiger partial charge in [0.2, 0.25) is 0 Å². The molecule has 0 bridgehead atoms. The van der Waals surface area contributed by atoms with Gasteiger partial charge in [0.1, 0.15) is 5.82 Å². The van der Waals surface area contributed by atoms with Crippen LogP contribution in [0.25, 0.3) is 5.69 Å². The lowest BCUT2D eigenvalue weighted by atomic mass is 10.1. The van der Waals surface area contributed by atoms with E-state index in [1.165, 1.54) is 16.8 Å². The summed E-state index contributed by atoms with van der Waals surface area (Å²) in [6.45, 7) is 1.95. The van der Waals surface area contributed by atoms with Gasteiger partial charge in [-0.15, -0.1) is 0 Å². The Labute approximate surface area is 126 Å². The first-order valence-electron chi connectivity index (χ1n) is 6.85. The first kappa shape index (κ1) is 15.7. The highest BCUT2D eigenvalue weighted by Crippen LogP contribution is 2.14. The number of aliphatic carboxylic acids is 1. The van der Waals surface area contributed by atoms with Crippen LogP contribution in [0, 0.1) is 5.82 Å². The molecule has 7 heteroatoms. The van der Waals surface area contributed by atoms with Gasteiger partial charge in [0.25, 0.3) is 5.91 Å². The van der Waals surface area contributed by atoms with Crippen molar-refractivity contribution >= 4 is 11.9 Å². The lowest BCUT2D eigenvalue weighted by molar-refractivity contribution is -0.136. The molecule has 1 aromatic heterocycles. The number of nitrogens with zero attached hydrogens (tertiary/aromatic N) is 2. The third-order valence-corrected chi connectivity index (χ3v) is 3.04. The molecule has 0 aliphatic carbocycles. The lowest BCUT2D eigenvalue weighted by Gasteiger charge is -2.07. The molecule has 0 atom stereocenters. The standard InChI is InChI=1S/C15H16FN3O3/c1-2-12-4-6-19(18-12)13-8-10(7-11(16)9-13)15(22)17-5-3-14(20)21/h4,6-9H,2-3,5H2,1H3,(H,17,22)(H,20,21). The lowest BCUT2D eigenvalue weighted by Crippen LogP contribution is -2.26. The van der Waals surface area contributed by atoms with Crippen molar-refractivity contribution in [3.63, 3.8) is 0 Å². The number of carbonyl (C=O) groups excluding carboxylic acids is 1. The van der Waals surface area contributed by atoms with Crippen LogP contribution in [0.3, 0.4) is 0 Å². The Morgan fingerprint density at radius 2 is 2.14 bits per heavy atom. The molecule has 1 aromatic carbocycles. The Morgan fingerprint density at radius 3 is 2.77 bits per heavy atom. The summed E-state index contributed by atoms with van der Waals surface area (Å²) in [5.74, 6) is -2.09. The van der Waals surface area contributed by atoms with Crippen molar-refractivity contribution < 1.29 is 19.1 Å².